The Kier molecular flexibility index (Phi) is 3.53. The summed E-state index contributed by atoms with van der Waals surface area (Å²) in [6, 6.07) is -1.25. The molecule has 0 aliphatic heterocycles. The predicted octanol–water partition coefficient (Wildman–Crippen LogP) is 1.43. The number of hydrogen-bond donors (Lipinski definition) is 2. The summed E-state index contributed by atoms with van der Waals surface area (Å²) in [5.41, 5.74) is 2.44. The Labute approximate surface area is 69.6 Å². The number of halogens is 3. The molecule has 0 aromatic heterocycles. The SMILES string of the molecule is CCC(N)C(O)(CC)C(F)(F)F. The van der Waals surface area contributed by atoms with Crippen LogP contribution in [0.1, 0.15) is 26.7 Å². The molecule has 0 heterocycles. The van der Waals surface area contributed by atoms with E-state index in [4.69, 9.17) is 5.73 Å². The van der Waals surface area contributed by atoms with Crippen LogP contribution >= 0.6 is 0 Å². The first kappa shape index (κ1) is 11.7. The van der Waals surface area contributed by atoms with E-state index >= 15 is 0 Å². The summed E-state index contributed by atoms with van der Waals surface area (Å²) in [7, 11) is 0. The fourth-order valence-corrected chi connectivity index (χ4v) is 1.01. The standard InChI is InChI=1S/C7H14F3NO/c1-3-5(11)6(12,4-2)7(8,9)10/h5,12H,3-4,11H2,1-2H3. The third kappa shape index (κ3) is 1.90. The van der Waals surface area contributed by atoms with E-state index in [1.54, 1.807) is 0 Å². The van der Waals surface area contributed by atoms with Gasteiger partial charge in [-0.1, -0.05) is 13.8 Å². The van der Waals surface area contributed by atoms with Crippen LogP contribution in [0, 0.1) is 0 Å². The molecule has 0 saturated carbocycles. The zero-order valence-electron chi connectivity index (χ0n) is 7.15. The predicted molar refractivity (Wildman–Crippen MR) is 39.6 cm³/mol. The minimum atomic E-state index is -4.64. The zero-order valence-corrected chi connectivity index (χ0v) is 7.15. The second kappa shape index (κ2) is 3.62. The molecule has 0 fully saturated rings. The molecule has 0 rings (SSSR count). The molecular weight excluding hydrogens is 171 g/mol. The Morgan fingerprint density at radius 2 is 1.75 bits per heavy atom. The Balaban J connectivity index is 4.67. The number of alkyl halides is 3. The van der Waals surface area contributed by atoms with E-state index in [9.17, 15) is 18.3 Å². The third-order valence-corrected chi connectivity index (χ3v) is 2.08. The van der Waals surface area contributed by atoms with E-state index < -0.39 is 24.2 Å². The van der Waals surface area contributed by atoms with Gasteiger partial charge in [0.2, 0.25) is 0 Å². The van der Waals surface area contributed by atoms with Gasteiger partial charge in [0.25, 0.3) is 0 Å². The largest absolute Gasteiger partial charge is 0.418 e. The van der Waals surface area contributed by atoms with Gasteiger partial charge < -0.3 is 10.8 Å². The van der Waals surface area contributed by atoms with Crippen LogP contribution in [-0.4, -0.2) is 22.9 Å². The number of aliphatic hydroxyl groups is 1. The second-order valence-corrected chi connectivity index (χ2v) is 2.79. The van der Waals surface area contributed by atoms with Gasteiger partial charge in [0.15, 0.2) is 5.60 Å². The second-order valence-electron chi connectivity index (χ2n) is 2.79. The molecule has 5 heteroatoms. The highest BCUT2D eigenvalue weighted by molar-refractivity contribution is 4.94. The molecule has 3 N–H and O–H groups in total. The van der Waals surface area contributed by atoms with Crippen molar-refractivity contribution in [2.75, 3.05) is 0 Å². The fraction of sp³-hybridized carbons (Fsp3) is 1.00. The highest BCUT2D eigenvalue weighted by Crippen LogP contribution is 2.35. The summed E-state index contributed by atoms with van der Waals surface area (Å²) in [5, 5.41) is 9.18. The van der Waals surface area contributed by atoms with Crippen LogP contribution in [0.4, 0.5) is 13.2 Å². The zero-order chi connectivity index (χ0) is 9.99. The van der Waals surface area contributed by atoms with E-state index in [0.717, 1.165) is 0 Å². The summed E-state index contributed by atoms with van der Waals surface area (Å²) >= 11 is 0. The van der Waals surface area contributed by atoms with E-state index in [-0.39, 0.29) is 6.42 Å². The maximum Gasteiger partial charge on any atom is 0.418 e. The molecule has 0 spiro atoms. The lowest BCUT2D eigenvalue weighted by Crippen LogP contribution is -2.57. The normalized spacial score (nSPS) is 20.2. The molecule has 0 aliphatic rings. The molecule has 2 atom stereocenters. The average molecular weight is 185 g/mol. The van der Waals surface area contributed by atoms with E-state index in [1.807, 2.05) is 0 Å². The minimum absolute atomic E-state index is 0.101. The topological polar surface area (TPSA) is 46.2 Å². The van der Waals surface area contributed by atoms with Gasteiger partial charge >= 0.3 is 6.18 Å². The quantitative estimate of drug-likeness (QED) is 0.698. The summed E-state index contributed by atoms with van der Waals surface area (Å²) in [5.74, 6) is 0. The Morgan fingerprint density at radius 1 is 1.33 bits per heavy atom. The van der Waals surface area contributed by atoms with E-state index in [0.29, 0.717) is 0 Å². The van der Waals surface area contributed by atoms with Gasteiger partial charge in [-0.3, -0.25) is 0 Å². The number of rotatable bonds is 3. The van der Waals surface area contributed by atoms with Gasteiger partial charge in [-0.25, -0.2) is 0 Å². The molecule has 2 unspecified atom stereocenters. The fourth-order valence-electron chi connectivity index (χ4n) is 1.01. The molecule has 12 heavy (non-hydrogen) atoms. The summed E-state index contributed by atoms with van der Waals surface area (Å²) in [6.45, 7) is 2.78. The summed E-state index contributed by atoms with van der Waals surface area (Å²) in [4.78, 5) is 0. The van der Waals surface area contributed by atoms with Crippen molar-refractivity contribution in [1.29, 1.82) is 0 Å². The van der Waals surface area contributed by atoms with Crippen LogP contribution < -0.4 is 5.73 Å². The molecule has 0 radical (unpaired) electrons. The van der Waals surface area contributed by atoms with Gasteiger partial charge in [0, 0.05) is 6.04 Å². The van der Waals surface area contributed by atoms with Crippen molar-refractivity contribution in [3.05, 3.63) is 0 Å². The molecule has 74 valence electrons. The van der Waals surface area contributed by atoms with Gasteiger partial charge in [-0.15, -0.1) is 0 Å². The van der Waals surface area contributed by atoms with E-state index in [1.165, 1.54) is 13.8 Å². The maximum atomic E-state index is 12.2. The first-order valence-corrected chi connectivity index (χ1v) is 3.84. The lowest BCUT2D eigenvalue weighted by Gasteiger charge is -2.34. The van der Waals surface area contributed by atoms with Gasteiger partial charge in [0.05, 0.1) is 0 Å². The third-order valence-electron chi connectivity index (χ3n) is 2.08. The van der Waals surface area contributed by atoms with Crippen molar-refractivity contribution in [2.24, 2.45) is 5.73 Å². The Bertz CT molecular complexity index is 148. The highest BCUT2D eigenvalue weighted by atomic mass is 19.4. The minimum Gasteiger partial charge on any atom is -0.379 e. The van der Waals surface area contributed by atoms with Crippen LogP contribution in [0.15, 0.2) is 0 Å². The molecule has 0 aliphatic carbocycles. The summed E-state index contributed by atoms with van der Waals surface area (Å²) < 4.78 is 36.6. The van der Waals surface area contributed by atoms with Gasteiger partial charge in [-0.2, -0.15) is 13.2 Å². The lowest BCUT2D eigenvalue weighted by atomic mass is 9.89. The number of hydrogen-bond acceptors (Lipinski definition) is 2. The van der Waals surface area contributed by atoms with Crippen LogP contribution in [-0.2, 0) is 0 Å². The van der Waals surface area contributed by atoms with Crippen LogP contribution in [0.5, 0.6) is 0 Å². The van der Waals surface area contributed by atoms with Crippen LogP contribution in [0.25, 0.3) is 0 Å². The monoisotopic (exact) mass is 185 g/mol. The maximum absolute atomic E-state index is 12.2. The lowest BCUT2D eigenvalue weighted by molar-refractivity contribution is -0.268. The molecule has 2 nitrogen and oxygen atoms in total. The smallest absolute Gasteiger partial charge is 0.379 e. The van der Waals surface area contributed by atoms with Crippen LogP contribution in [0.3, 0.4) is 0 Å². The molecule has 0 amide bonds. The Hall–Kier alpha value is -0.290. The summed E-state index contributed by atoms with van der Waals surface area (Å²) in [6.07, 6.45) is -4.95. The van der Waals surface area contributed by atoms with E-state index in [2.05, 4.69) is 0 Å². The number of nitrogens with two attached hydrogens (primary N) is 1. The van der Waals surface area contributed by atoms with Crippen molar-refractivity contribution in [3.63, 3.8) is 0 Å². The van der Waals surface area contributed by atoms with Crippen molar-refractivity contribution >= 4 is 0 Å². The van der Waals surface area contributed by atoms with Gasteiger partial charge in [-0.05, 0) is 12.8 Å². The van der Waals surface area contributed by atoms with Crippen molar-refractivity contribution in [3.8, 4) is 0 Å². The average Bonchev–Trinajstić information content (AvgIpc) is 1.99. The van der Waals surface area contributed by atoms with Crippen LogP contribution in [0.2, 0.25) is 0 Å². The molecule has 0 saturated heterocycles. The highest BCUT2D eigenvalue weighted by Gasteiger charge is 2.55. The van der Waals surface area contributed by atoms with Crippen molar-refractivity contribution < 1.29 is 18.3 Å². The Morgan fingerprint density at radius 3 is 1.83 bits per heavy atom. The molecule has 0 aromatic rings. The first-order chi connectivity index (χ1) is 5.29. The molecule has 0 aromatic carbocycles. The molecular formula is C7H14F3NO. The first-order valence-electron chi connectivity index (χ1n) is 3.84. The van der Waals surface area contributed by atoms with Crippen molar-refractivity contribution in [2.45, 2.75) is 44.5 Å². The van der Waals surface area contributed by atoms with Gasteiger partial charge in [0.1, 0.15) is 0 Å². The van der Waals surface area contributed by atoms with Crippen molar-refractivity contribution in [1.82, 2.24) is 0 Å². The molecule has 0 bridgehead atoms.